The highest BCUT2D eigenvalue weighted by Gasteiger charge is 2.49. The Morgan fingerprint density at radius 2 is 1.05 bits per heavy atom. The number of carbonyl (C=O) groups is 4. The first-order valence-electron chi connectivity index (χ1n) is 5.94. The zero-order valence-corrected chi connectivity index (χ0v) is 11.1. The summed E-state index contributed by atoms with van der Waals surface area (Å²) in [4.78, 5) is 45.6. The number of methoxy groups -OCH3 is 2. The van der Waals surface area contributed by atoms with Gasteiger partial charge in [0.1, 0.15) is 0 Å². The van der Waals surface area contributed by atoms with Gasteiger partial charge >= 0.3 is 23.9 Å². The minimum Gasteiger partial charge on any atom is -0.481 e. The van der Waals surface area contributed by atoms with E-state index in [1.807, 2.05) is 0 Å². The van der Waals surface area contributed by atoms with Crippen molar-refractivity contribution in [2.24, 2.45) is 23.7 Å². The normalized spacial score (nSPS) is 29.3. The molecule has 0 heterocycles. The lowest BCUT2D eigenvalue weighted by atomic mass is 9.68. The highest BCUT2D eigenvalue weighted by atomic mass is 16.5. The lowest BCUT2D eigenvalue weighted by Crippen LogP contribution is -2.45. The average molecular weight is 288 g/mol. The molecule has 1 aliphatic carbocycles. The van der Waals surface area contributed by atoms with Gasteiger partial charge in [-0.25, -0.2) is 0 Å². The van der Waals surface area contributed by atoms with Crippen LogP contribution in [0.15, 0.2) is 0 Å². The predicted octanol–water partition coefficient (Wildman–Crippen LogP) is -0.240. The fourth-order valence-corrected chi connectivity index (χ4v) is 2.57. The zero-order chi connectivity index (χ0) is 15.4. The van der Waals surface area contributed by atoms with Crippen molar-refractivity contribution in [1.29, 1.82) is 0 Å². The van der Waals surface area contributed by atoms with Gasteiger partial charge in [-0.3, -0.25) is 19.2 Å². The summed E-state index contributed by atoms with van der Waals surface area (Å²) in [7, 11) is 2.22. The molecule has 1 aliphatic rings. The molecule has 4 atom stereocenters. The molecule has 4 unspecified atom stereocenters. The van der Waals surface area contributed by atoms with Crippen LogP contribution in [-0.4, -0.2) is 48.3 Å². The summed E-state index contributed by atoms with van der Waals surface area (Å²) in [5, 5.41) is 18.2. The summed E-state index contributed by atoms with van der Waals surface area (Å²) >= 11 is 0. The standard InChI is InChI=1S/C12H16O8/c1-19-11(17)7-4-8(12(18)20-2)6(10(15)16)3-5(7)9(13)14/h5-8H,3-4H2,1-2H3,(H,13,14)(H,15,16). The molecule has 20 heavy (non-hydrogen) atoms. The van der Waals surface area contributed by atoms with Crippen LogP contribution >= 0.6 is 0 Å². The Labute approximate surface area is 114 Å². The smallest absolute Gasteiger partial charge is 0.309 e. The largest absolute Gasteiger partial charge is 0.481 e. The lowest BCUT2D eigenvalue weighted by molar-refractivity contribution is -0.170. The van der Waals surface area contributed by atoms with Crippen molar-refractivity contribution in [3.63, 3.8) is 0 Å². The van der Waals surface area contributed by atoms with Crippen molar-refractivity contribution in [1.82, 2.24) is 0 Å². The van der Waals surface area contributed by atoms with Crippen molar-refractivity contribution in [2.45, 2.75) is 12.8 Å². The van der Waals surface area contributed by atoms with Crippen LogP contribution in [0.3, 0.4) is 0 Å². The first-order valence-corrected chi connectivity index (χ1v) is 5.94. The second-order valence-corrected chi connectivity index (χ2v) is 4.62. The Morgan fingerprint density at radius 3 is 1.30 bits per heavy atom. The van der Waals surface area contributed by atoms with E-state index in [0.29, 0.717) is 0 Å². The number of carbonyl (C=O) groups excluding carboxylic acids is 2. The SMILES string of the molecule is COC(=O)C1CC(C(=O)OC)C(C(=O)O)CC1C(=O)O. The summed E-state index contributed by atoms with van der Waals surface area (Å²) in [5.74, 6) is -8.60. The van der Waals surface area contributed by atoms with Crippen LogP contribution in [-0.2, 0) is 28.7 Å². The Hall–Kier alpha value is -2.12. The number of hydrogen-bond acceptors (Lipinski definition) is 6. The Balaban J connectivity index is 3.09. The molecular formula is C12H16O8. The quantitative estimate of drug-likeness (QED) is 0.678. The van der Waals surface area contributed by atoms with E-state index in [4.69, 9.17) is 10.2 Å². The minimum absolute atomic E-state index is 0.215. The van der Waals surface area contributed by atoms with Crippen LogP contribution in [0.4, 0.5) is 0 Å². The molecule has 0 spiro atoms. The first kappa shape index (κ1) is 15.9. The summed E-state index contributed by atoms with van der Waals surface area (Å²) in [6.07, 6.45) is -0.530. The molecule has 0 aromatic carbocycles. The number of carboxylic acid groups (broad SMARTS) is 2. The number of rotatable bonds is 4. The molecule has 8 heteroatoms. The molecule has 2 N–H and O–H groups in total. The molecule has 0 amide bonds. The average Bonchev–Trinajstić information content (AvgIpc) is 2.43. The van der Waals surface area contributed by atoms with Crippen LogP contribution in [0.1, 0.15) is 12.8 Å². The molecule has 1 fully saturated rings. The lowest BCUT2D eigenvalue weighted by Gasteiger charge is -2.34. The maximum absolute atomic E-state index is 11.6. The van der Waals surface area contributed by atoms with E-state index in [1.165, 1.54) is 0 Å². The van der Waals surface area contributed by atoms with Gasteiger partial charge in [0.25, 0.3) is 0 Å². The van der Waals surface area contributed by atoms with Crippen LogP contribution < -0.4 is 0 Å². The van der Waals surface area contributed by atoms with Gasteiger partial charge in [-0.05, 0) is 12.8 Å². The van der Waals surface area contributed by atoms with Gasteiger partial charge in [-0.15, -0.1) is 0 Å². The maximum Gasteiger partial charge on any atom is 0.309 e. The molecular weight excluding hydrogens is 272 g/mol. The molecule has 0 radical (unpaired) electrons. The monoisotopic (exact) mass is 288 g/mol. The number of carboxylic acids is 2. The zero-order valence-electron chi connectivity index (χ0n) is 11.1. The second-order valence-electron chi connectivity index (χ2n) is 4.62. The minimum atomic E-state index is -1.28. The molecule has 0 bridgehead atoms. The van der Waals surface area contributed by atoms with Gasteiger partial charge in [0.05, 0.1) is 37.9 Å². The topological polar surface area (TPSA) is 127 Å². The van der Waals surface area contributed by atoms with E-state index in [0.717, 1.165) is 14.2 Å². The van der Waals surface area contributed by atoms with Crippen LogP contribution in [0.2, 0.25) is 0 Å². The highest BCUT2D eigenvalue weighted by molar-refractivity contribution is 5.86. The molecule has 0 aromatic heterocycles. The summed E-state index contributed by atoms with van der Waals surface area (Å²) in [6, 6.07) is 0. The number of esters is 2. The predicted molar refractivity (Wildman–Crippen MR) is 62.5 cm³/mol. The van der Waals surface area contributed by atoms with Gasteiger partial charge < -0.3 is 19.7 Å². The van der Waals surface area contributed by atoms with Gasteiger partial charge in [-0.1, -0.05) is 0 Å². The molecule has 112 valence electrons. The van der Waals surface area contributed by atoms with E-state index in [2.05, 4.69) is 9.47 Å². The van der Waals surface area contributed by atoms with E-state index in [1.54, 1.807) is 0 Å². The number of ether oxygens (including phenoxy) is 2. The third kappa shape index (κ3) is 3.06. The van der Waals surface area contributed by atoms with E-state index < -0.39 is 47.5 Å². The Bertz CT molecular complexity index is 391. The third-order valence-electron chi connectivity index (χ3n) is 3.63. The molecule has 0 aromatic rings. The van der Waals surface area contributed by atoms with Crippen molar-refractivity contribution in [2.75, 3.05) is 14.2 Å². The first-order chi connectivity index (χ1) is 9.33. The van der Waals surface area contributed by atoms with E-state index in [-0.39, 0.29) is 12.8 Å². The summed E-state index contributed by atoms with van der Waals surface area (Å²) < 4.78 is 9.05. The molecule has 1 saturated carbocycles. The summed E-state index contributed by atoms with van der Waals surface area (Å²) in [6.45, 7) is 0. The van der Waals surface area contributed by atoms with Gasteiger partial charge in [0.15, 0.2) is 0 Å². The summed E-state index contributed by atoms with van der Waals surface area (Å²) in [5.41, 5.74) is 0. The Kier molecular flexibility index (Phi) is 5.06. The number of hydrogen-bond donors (Lipinski definition) is 2. The van der Waals surface area contributed by atoms with Crippen molar-refractivity contribution in [3.8, 4) is 0 Å². The van der Waals surface area contributed by atoms with Crippen molar-refractivity contribution >= 4 is 23.9 Å². The van der Waals surface area contributed by atoms with Crippen LogP contribution in [0, 0.1) is 23.7 Å². The molecule has 0 aliphatic heterocycles. The Morgan fingerprint density at radius 1 is 0.750 bits per heavy atom. The van der Waals surface area contributed by atoms with E-state index in [9.17, 15) is 19.2 Å². The van der Waals surface area contributed by atoms with Crippen LogP contribution in [0.5, 0.6) is 0 Å². The van der Waals surface area contributed by atoms with E-state index >= 15 is 0 Å². The van der Waals surface area contributed by atoms with Gasteiger partial charge in [0, 0.05) is 0 Å². The maximum atomic E-state index is 11.6. The molecule has 0 saturated heterocycles. The fraction of sp³-hybridized carbons (Fsp3) is 0.667. The van der Waals surface area contributed by atoms with Crippen molar-refractivity contribution < 1.29 is 38.9 Å². The second kappa shape index (κ2) is 6.36. The third-order valence-corrected chi connectivity index (χ3v) is 3.63. The fourth-order valence-electron chi connectivity index (χ4n) is 2.57. The van der Waals surface area contributed by atoms with Gasteiger partial charge in [-0.2, -0.15) is 0 Å². The molecule has 8 nitrogen and oxygen atoms in total. The van der Waals surface area contributed by atoms with Crippen molar-refractivity contribution in [3.05, 3.63) is 0 Å². The number of aliphatic carboxylic acids is 2. The highest BCUT2D eigenvalue weighted by Crippen LogP contribution is 2.39. The molecule has 1 rings (SSSR count). The van der Waals surface area contributed by atoms with Crippen LogP contribution in [0.25, 0.3) is 0 Å². The van der Waals surface area contributed by atoms with Gasteiger partial charge in [0.2, 0.25) is 0 Å².